The molecule has 1 aromatic heterocycles. The quantitative estimate of drug-likeness (QED) is 0.655. The Balaban J connectivity index is 1.74. The molecule has 124 valence electrons. The van der Waals surface area contributed by atoms with Crippen LogP contribution in [0.1, 0.15) is 24.0 Å². The lowest BCUT2D eigenvalue weighted by Crippen LogP contribution is -2.43. The van der Waals surface area contributed by atoms with Crippen molar-refractivity contribution >= 4 is 6.03 Å². The van der Waals surface area contributed by atoms with Gasteiger partial charge in [0.25, 0.3) is 0 Å². The summed E-state index contributed by atoms with van der Waals surface area (Å²) in [4.78, 5) is 11.8. The van der Waals surface area contributed by atoms with Crippen LogP contribution in [-0.2, 0) is 12.0 Å². The van der Waals surface area contributed by atoms with Gasteiger partial charge in [-0.25, -0.2) is 4.79 Å². The van der Waals surface area contributed by atoms with Gasteiger partial charge in [0.15, 0.2) is 0 Å². The first kappa shape index (κ1) is 16.9. The zero-order valence-corrected chi connectivity index (χ0v) is 13.3. The smallest absolute Gasteiger partial charge is 0.314 e. The highest BCUT2D eigenvalue weighted by Crippen LogP contribution is 2.21. The van der Waals surface area contributed by atoms with E-state index in [0.717, 1.165) is 5.56 Å². The molecule has 0 aliphatic carbocycles. The minimum atomic E-state index is -1.27. The van der Waals surface area contributed by atoms with Crippen molar-refractivity contribution < 1.29 is 19.4 Å². The van der Waals surface area contributed by atoms with Gasteiger partial charge < -0.3 is 25.3 Å². The average molecular weight is 318 g/mol. The van der Waals surface area contributed by atoms with Gasteiger partial charge in [0, 0.05) is 6.54 Å². The predicted octanol–water partition coefficient (Wildman–Crippen LogP) is 2.04. The Bertz CT molecular complexity index is 664. The Morgan fingerprint density at radius 1 is 1.26 bits per heavy atom. The van der Waals surface area contributed by atoms with Crippen molar-refractivity contribution in [2.75, 3.05) is 13.1 Å². The van der Waals surface area contributed by atoms with Crippen LogP contribution < -0.4 is 10.6 Å². The summed E-state index contributed by atoms with van der Waals surface area (Å²) in [6.07, 6.45) is 0.607. The Morgan fingerprint density at radius 2 is 2.04 bits per heavy atom. The molecule has 1 atom stereocenters. The lowest BCUT2D eigenvalue weighted by atomic mass is 10.0. The number of phenols is 1. The van der Waals surface area contributed by atoms with Gasteiger partial charge in [-0.2, -0.15) is 0 Å². The van der Waals surface area contributed by atoms with E-state index in [9.17, 15) is 15.0 Å². The van der Waals surface area contributed by atoms with Crippen molar-refractivity contribution in [2.24, 2.45) is 0 Å². The van der Waals surface area contributed by atoms with Gasteiger partial charge in [0.2, 0.25) is 0 Å². The van der Waals surface area contributed by atoms with Crippen LogP contribution in [0.15, 0.2) is 40.8 Å². The first-order chi connectivity index (χ1) is 10.9. The van der Waals surface area contributed by atoms with Crippen LogP contribution in [0.25, 0.3) is 0 Å². The summed E-state index contributed by atoms with van der Waals surface area (Å²) in [5, 5.41) is 25.0. The Hall–Kier alpha value is -2.47. The van der Waals surface area contributed by atoms with Crippen LogP contribution in [-0.4, -0.2) is 29.3 Å². The van der Waals surface area contributed by atoms with Gasteiger partial charge in [-0.05, 0) is 50.1 Å². The minimum absolute atomic E-state index is 0.0396. The lowest BCUT2D eigenvalue weighted by molar-refractivity contribution is 0.0360. The fourth-order valence-corrected chi connectivity index (χ4v) is 2.16. The van der Waals surface area contributed by atoms with Crippen LogP contribution >= 0.6 is 0 Å². The van der Waals surface area contributed by atoms with Crippen molar-refractivity contribution in [1.82, 2.24) is 10.6 Å². The zero-order valence-electron chi connectivity index (χ0n) is 13.3. The molecule has 4 N–H and O–H groups in total. The third-order valence-corrected chi connectivity index (χ3v) is 3.47. The van der Waals surface area contributed by atoms with Crippen LogP contribution in [0.4, 0.5) is 4.79 Å². The monoisotopic (exact) mass is 318 g/mol. The summed E-state index contributed by atoms with van der Waals surface area (Å²) >= 11 is 0. The number of rotatable bonds is 6. The molecule has 6 nitrogen and oxygen atoms in total. The molecule has 1 unspecified atom stereocenters. The van der Waals surface area contributed by atoms with Gasteiger partial charge >= 0.3 is 6.03 Å². The average Bonchev–Trinajstić information content (AvgIpc) is 2.93. The second-order valence-electron chi connectivity index (χ2n) is 5.71. The molecular weight excluding hydrogens is 296 g/mol. The Labute approximate surface area is 135 Å². The lowest BCUT2D eigenvalue weighted by Gasteiger charge is -2.21. The molecule has 0 fully saturated rings. The number of furan rings is 1. The molecule has 2 amide bonds. The number of phenolic OH excluding ortho intramolecular Hbond substituents is 1. The minimum Gasteiger partial charge on any atom is -0.508 e. The highest BCUT2D eigenvalue weighted by atomic mass is 16.4. The summed E-state index contributed by atoms with van der Waals surface area (Å²) in [5.41, 5.74) is -0.333. The molecular formula is C17H22N2O4. The van der Waals surface area contributed by atoms with Gasteiger partial charge in [-0.1, -0.05) is 12.1 Å². The van der Waals surface area contributed by atoms with E-state index in [1.807, 2.05) is 6.07 Å². The third-order valence-electron chi connectivity index (χ3n) is 3.47. The maximum atomic E-state index is 11.8. The number of aryl methyl sites for hydroxylation is 1. The predicted molar refractivity (Wildman–Crippen MR) is 86.2 cm³/mol. The molecule has 6 heteroatoms. The van der Waals surface area contributed by atoms with Crippen molar-refractivity contribution in [1.29, 1.82) is 0 Å². The third kappa shape index (κ3) is 5.03. The summed E-state index contributed by atoms with van der Waals surface area (Å²) in [7, 11) is 0. The van der Waals surface area contributed by atoms with E-state index in [1.165, 1.54) is 0 Å². The van der Waals surface area contributed by atoms with Crippen molar-refractivity contribution in [3.63, 3.8) is 0 Å². The van der Waals surface area contributed by atoms with Gasteiger partial charge in [0.05, 0.1) is 6.54 Å². The molecule has 1 aromatic carbocycles. The van der Waals surface area contributed by atoms with Crippen LogP contribution in [0.2, 0.25) is 0 Å². The van der Waals surface area contributed by atoms with Crippen molar-refractivity contribution in [2.45, 2.75) is 25.9 Å². The second-order valence-corrected chi connectivity index (χ2v) is 5.71. The molecule has 0 bridgehead atoms. The molecule has 0 aliphatic heterocycles. The first-order valence-electron chi connectivity index (χ1n) is 7.46. The maximum Gasteiger partial charge on any atom is 0.314 e. The topological polar surface area (TPSA) is 94.7 Å². The largest absolute Gasteiger partial charge is 0.508 e. The summed E-state index contributed by atoms with van der Waals surface area (Å²) in [6, 6.07) is 9.98. The molecule has 0 spiro atoms. The van der Waals surface area contributed by atoms with Gasteiger partial charge in [0.1, 0.15) is 22.9 Å². The number of hydrogen-bond donors (Lipinski definition) is 4. The summed E-state index contributed by atoms with van der Waals surface area (Å²) in [5.74, 6) is 1.32. The number of aliphatic hydroxyl groups is 1. The van der Waals surface area contributed by atoms with E-state index in [4.69, 9.17) is 4.42 Å². The molecule has 0 aliphatic rings. The normalized spacial score (nSPS) is 13.3. The van der Waals surface area contributed by atoms with Crippen LogP contribution in [0.3, 0.4) is 0 Å². The molecule has 1 heterocycles. The fraction of sp³-hybridized carbons (Fsp3) is 0.353. The highest BCUT2D eigenvalue weighted by Gasteiger charge is 2.27. The van der Waals surface area contributed by atoms with E-state index in [0.29, 0.717) is 24.5 Å². The second kappa shape index (κ2) is 7.19. The maximum absolute atomic E-state index is 11.8. The summed E-state index contributed by atoms with van der Waals surface area (Å²) in [6.45, 7) is 3.84. The molecule has 2 rings (SSSR count). The molecule has 0 radical (unpaired) electrons. The van der Waals surface area contributed by atoms with Crippen molar-refractivity contribution in [3.05, 3.63) is 53.5 Å². The number of amides is 2. The highest BCUT2D eigenvalue weighted by molar-refractivity contribution is 5.73. The van der Waals surface area contributed by atoms with Gasteiger partial charge in [-0.3, -0.25) is 0 Å². The standard InChI is InChI=1S/C17H22N2O4/c1-12-6-7-15(23-12)17(2,22)11-19-16(21)18-9-8-13-4-3-5-14(20)10-13/h3-7,10,20,22H,8-9,11H2,1-2H3,(H2,18,19,21). The SMILES string of the molecule is Cc1ccc(C(C)(O)CNC(=O)NCCc2cccc(O)c2)o1. The molecule has 2 aromatic rings. The molecule has 0 saturated heterocycles. The zero-order chi connectivity index (χ0) is 16.9. The number of nitrogens with one attached hydrogen (secondary N) is 2. The molecule has 23 heavy (non-hydrogen) atoms. The first-order valence-corrected chi connectivity index (χ1v) is 7.46. The fourth-order valence-electron chi connectivity index (χ4n) is 2.16. The van der Waals surface area contributed by atoms with E-state index < -0.39 is 5.60 Å². The van der Waals surface area contributed by atoms with Gasteiger partial charge in [-0.15, -0.1) is 0 Å². The number of carbonyl (C=O) groups excluding carboxylic acids is 1. The van der Waals surface area contributed by atoms with E-state index in [2.05, 4.69) is 10.6 Å². The van der Waals surface area contributed by atoms with Crippen LogP contribution in [0.5, 0.6) is 5.75 Å². The Kier molecular flexibility index (Phi) is 5.28. The van der Waals surface area contributed by atoms with Crippen LogP contribution in [0, 0.1) is 6.92 Å². The summed E-state index contributed by atoms with van der Waals surface area (Å²) < 4.78 is 5.39. The number of benzene rings is 1. The number of hydrogen-bond acceptors (Lipinski definition) is 4. The number of aromatic hydroxyl groups is 1. The molecule has 0 saturated carbocycles. The van der Waals surface area contributed by atoms with E-state index in [1.54, 1.807) is 44.2 Å². The van der Waals surface area contributed by atoms with Crippen molar-refractivity contribution in [3.8, 4) is 5.75 Å². The number of urea groups is 1. The number of carbonyl (C=O) groups is 1. The Morgan fingerprint density at radius 3 is 2.70 bits per heavy atom. The van der Waals surface area contributed by atoms with E-state index >= 15 is 0 Å². The van der Waals surface area contributed by atoms with E-state index in [-0.39, 0.29) is 18.3 Å².